The number of piperazine rings is 1. The van der Waals surface area contributed by atoms with Gasteiger partial charge in [-0.2, -0.15) is 8.99 Å². The summed E-state index contributed by atoms with van der Waals surface area (Å²) in [7, 11) is -4.17. The van der Waals surface area contributed by atoms with Gasteiger partial charge in [0, 0.05) is 32.2 Å². The average molecular weight is 461 g/mol. The number of rotatable bonds is 4. The number of hydrogen-bond acceptors (Lipinski definition) is 5. The molecule has 1 aliphatic heterocycles. The minimum absolute atomic E-state index is 0.0722. The maximum Gasteiger partial charge on any atom is 0.271 e. The molecule has 3 aromatic rings. The zero-order valence-corrected chi connectivity index (χ0v) is 18.4. The van der Waals surface area contributed by atoms with Crippen LogP contribution in [0, 0.1) is 25.5 Å². The molecular formula is C22H22F2N4O3S. The lowest BCUT2D eigenvalue weighted by Crippen LogP contribution is -2.49. The molecule has 2 heterocycles. The largest absolute Gasteiger partial charge is 0.353 e. The van der Waals surface area contributed by atoms with Crippen LogP contribution in [0.3, 0.4) is 0 Å². The number of sulfonamides is 1. The predicted octanol–water partition coefficient (Wildman–Crippen LogP) is 2.64. The molecule has 2 aromatic carbocycles. The summed E-state index contributed by atoms with van der Waals surface area (Å²) in [5.41, 5.74) is 2.50. The van der Waals surface area contributed by atoms with Crippen LogP contribution in [0.15, 0.2) is 58.2 Å². The van der Waals surface area contributed by atoms with Crippen LogP contribution in [0.25, 0.3) is 5.69 Å². The molecule has 0 amide bonds. The number of halogens is 2. The molecule has 0 atom stereocenters. The van der Waals surface area contributed by atoms with Crippen LogP contribution in [0.5, 0.6) is 0 Å². The van der Waals surface area contributed by atoms with Crippen LogP contribution in [0.2, 0.25) is 0 Å². The topological polar surface area (TPSA) is 75.5 Å². The molecule has 0 N–H and O–H groups in total. The van der Waals surface area contributed by atoms with Gasteiger partial charge in [-0.15, -0.1) is 5.10 Å². The molecule has 0 aliphatic carbocycles. The first-order valence-corrected chi connectivity index (χ1v) is 11.5. The van der Waals surface area contributed by atoms with Gasteiger partial charge in [-0.05, 0) is 61.4 Å². The van der Waals surface area contributed by atoms with Crippen molar-refractivity contribution in [1.29, 1.82) is 0 Å². The van der Waals surface area contributed by atoms with Crippen molar-refractivity contribution in [2.24, 2.45) is 0 Å². The third kappa shape index (κ3) is 4.15. The number of nitrogens with zero attached hydrogens (tertiary/aromatic N) is 4. The van der Waals surface area contributed by atoms with E-state index in [0.29, 0.717) is 17.6 Å². The molecule has 0 bridgehead atoms. The van der Waals surface area contributed by atoms with Crippen molar-refractivity contribution < 1.29 is 17.2 Å². The van der Waals surface area contributed by atoms with Gasteiger partial charge in [-0.25, -0.2) is 17.2 Å². The fourth-order valence-electron chi connectivity index (χ4n) is 3.58. The highest BCUT2D eigenvalue weighted by Gasteiger charge is 2.31. The number of anilines is 1. The summed E-state index contributed by atoms with van der Waals surface area (Å²) >= 11 is 0. The quantitative estimate of drug-likeness (QED) is 0.599. The van der Waals surface area contributed by atoms with E-state index in [-0.39, 0.29) is 31.7 Å². The first-order chi connectivity index (χ1) is 15.2. The van der Waals surface area contributed by atoms with E-state index in [4.69, 9.17) is 0 Å². The zero-order chi connectivity index (χ0) is 23.0. The number of hydrogen-bond donors (Lipinski definition) is 0. The summed E-state index contributed by atoms with van der Waals surface area (Å²) in [6.45, 7) is 4.65. The summed E-state index contributed by atoms with van der Waals surface area (Å²) in [6, 6.07) is 11.0. The van der Waals surface area contributed by atoms with Crippen LogP contribution in [-0.4, -0.2) is 48.7 Å². The standard InChI is InChI=1S/C22H22F2N4O3S/c1-15-3-5-18(13-16(15)2)28-22(29)8-7-21(25-28)26-9-11-27(12-10-26)32(30,31)20-14-17(23)4-6-19(20)24/h3-8,13-14H,9-12H2,1-2H3. The van der Waals surface area contributed by atoms with E-state index in [2.05, 4.69) is 5.10 Å². The summed E-state index contributed by atoms with van der Waals surface area (Å²) in [5, 5.41) is 4.46. The molecule has 1 aromatic heterocycles. The highest BCUT2D eigenvalue weighted by atomic mass is 32.2. The summed E-state index contributed by atoms with van der Waals surface area (Å²) < 4.78 is 55.5. The van der Waals surface area contributed by atoms with Gasteiger partial charge in [0.15, 0.2) is 0 Å². The second-order valence-electron chi connectivity index (χ2n) is 7.68. The van der Waals surface area contributed by atoms with E-state index in [9.17, 15) is 22.0 Å². The smallest absolute Gasteiger partial charge is 0.271 e. The first-order valence-electron chi connectivity index (χ1n) is 10.0. The van der Waals surface area contributed by atoms with E-state index >= 15 is 0 Å². The van der Waals surface area contributed by atoms with Gasteiger partial charge in [0.2, 0.25) is 10.0 Å². The van der Waals surface area contributed by atoms with Crippen molar-refractivity contribution >= 4 is 15.8 Å². The molecular weight excluding hydrogens is 438 g/mol. The minimum atomic E-state index is -4.17. The van der Waals surface area contributed by atoms with E-state index in [1.165, 1.54) is 10.7 Å². The molecule has 1 fully saturated rings. The van der Waals surface area contributed by atoms with Crippen molar-refractivity contribution in [3.8, 4) is 5.69 Å². The van der Waals surface area contributed by atoms with Gasteiger partial charge < -0.3 is 4.90 Å². The van der Waals surface area contributed by atoms with Crippen LogP contribution in [0.4, 0.5) is 14.6 Å². The lowest BCUT2D eigenvalue weighted by atomic mass is 10.1. The molecule has 1 saturated heterocycles. The fraction of sp³-hybridized carbons (Fsp3) is 0.273. The monoisotopic (exact) mass is 460 g/mol. The van der Waals surface area contributed by atoms with E-state index < -0.39 is 26.6 Å². The minimum Gasteiger partial charge on any atom is -0.353 e. The second kappa shape index (κ2) is 8.44. The Morgan fingerprint density at radius 3 is 2.28 bits per heavy atom. The normalized spacial score (nSPS) is 15.2. The predicted molar refractivity (Wildman–Crippen MR) is 117 cm³/mol. The summed E-state index contributed by atoms with van der Waals surface area (Å²) in [4.78, 5) is 13.6. The van der Waals surface area contributed by atoms with Gasteiger partial charge in [0.1, 0.15) is 22.3 Å². The second-order valence-corrected chi connectivity index (χ2v) is 9.58. The Kier molecular flexibility index (Phi) is 5.83. The molecule has 32 heavy (non-hydrogen) atoms. The molecule has 0 unspecified atom stereocenters. The number of benzene rings is 2. The average Bonchev–Trinajstić information content (AvgIpc) is 2.78. The van der Waals surface area contributed by atoms with E-state index in [1.54, 1.807) is 6.07 Å². The molecule has 10 heteroatoms. The van der Waals surface area contributed by atoms with Gasteiger partial charge in [0.25, 0.3) is 5.56 Å². The third-order valence-corrected chi connectivity index (χ3v) is 7.51. The molecule has 0 radical (unpaired) electrons. The first kappa shape index (κ1) is 22.1. The molecule has 0 spiro atoms. The molecule has 168 valence electrons. The zero-order valence-electron chi connectivity index (χ0n) is 17.6. The van der Waals surface area contributed by atoms with Crippen LogP contribution in [0.1, 0.15) is 11.1 Å². The van der Waals surface area contributed by atoms with Gasteiger partial charge in [0.05, 0.1) is 5.69 Å². The lowest BCUT2D eigenvalue weighted by molar-refractivity contribution is 0.380. The SMILES string of the molecule is Cc1ccc(-n2nc(N3CCN(S(=O)(=O)c4cc(F)ccc4F)CC3)ccc2=O)cc1C. The van der Waals surface area contributed by atoms with Crippen molar-refractivity contribution in [1.82, 2.24) is 14.1 Å². The van der Waals surface area contributed by atoms with Crippen molar-refractivity contribution in [2.45, 2.75) is 18.7 Å². The Hall–Kier alpha value is -3.11. The Balaban J connectivity index is 1.55. The molecule has 7 nitrogen and oxygen atoms in total. The van der Waals surface area contributed by atoms with Gasteiger partial charge in [-0.1, -0.05) is 6.07 Å². The van der Waals surface area contributed by atoms with Crippen molar-refractivity contribution in [3.05, 3.63) is 81.6 Å². The molecule has 0 saturated carbocycles. The Morgan fingerprint density at radius 1 is 0.875 bits per heavy atom. The third-order valence-electron chi connectivity index (χ3n) is 5.59. The highest BCUT2D eigenvalue weighted by Crippen LogP contribution is 2.23. The van der Waals surface area contributed by atoms with E-state index in [0.717, 1.165) is 27.6 Å². The van der Waals surface area contributed by atoms with Crippen LogP contribution >= 0.6 is 0 Å². The Bertz CT molecular complexity index is 1330. The maximum atomic E-state index is 14.0. The van der Waals surface area contributed by atoms with Crippen LogP contribution in [-0.2, 0) is 10.0 Å². The highest BCUT2D eigenvalue weighted by molar-refractivity contribution is 7.89. The lowest BCUT2D eigenvalue weighted by Gasteiger charge is -2.34. The van der Waals surface area contributed by atoms with Crippen molar-refractivity contribution in [2.75, 3.05) is 31.1 Å². The Labute approximate surface area is 184 Å². The van der Waals surface area contributed by atoms with Crippen LogP contribution < -0.4 is 10.5 Å². The van der Waals surface area contributed by atoms with E-state index in [1.807, 2.05) is 36.9 Å². The summed E-state index contributed by atoms with van der Waals surface area (Å²) in [5.74, 6) is -1.28. The fourth-order valence-corrected chi connectivity index (χ4v) is 5.08. The number of aromatic nitrogens is 2. The maximum absolute atomic E-state index is 14.0. The van der Waals surface area contributed by atoms with Gasteiger partial charge in [-0.3, -0.25) is 4.79 Å². The Morgan fingerprint density at radius 2 is 1.59 bits per heavy atom. The summed E-state index contributed by atoms with van der Waals surface area (Å²) in [6.07, 6.45) is 0. The molecule has 1 aliphatic rings. The van der Waals surface area contributed by atoms with Gasteiger partial charge >= 0.3 is 0 Å². The molecule has 4 rings (SSSR count). The van der Waals surface area contributed by atoms with Crippen molar-refractivity contribution in [3.63, 3.8) is 0 Å². The number of aryl methyl sites for hydroxylation is 2.